The van der Waals surface area contributed by atoms with Crippen LogP contribution in [0.2, 0.25) is 0 Å². The second-order valence-electron chi connectivity index (χ2n) is 3.17. The molecule has 4 N–H and O–H groups in total. The van der Waals surface area contributed by atoms with Gasteiger partial charge in [0.25, 0.3) is 0 Å². The zero-order chi connectivity index (χ0) is 12.0. The number of nitrogens with two attached hydrogens (primary N) is 2. The molecule has 0 saturated carbocycles. The van der Waals surface area contributed by atoms with Crippen molar-refractivity contribution in [1.29, 1.82) is 0 Å². The van der Waals surface area contributed by atoms with Gasteiger partial charge < -0.3 is 16.2 Å². The molecule has 0 radical (unpaired) electrons. The molecule has 0 amide bonds. The van der Waals surface area contributed by atoms with Crippen molar-refractivity contribution in [2.24, 2.45) is 11.5 Å². The monoisotopic (exact) mass is 227 g/mol. The van der Waals surface area contributed by atoms with E-state index in [0.29, 0.717) is 25.4 Å². The summed E-state index contributed by atoms with van der Waals surface area (Å²) in [6.45, 7) is 3.40. The first-order chi connectivity index (χ1) is 7.74. The number of hydrogen-bond donors (Lipinski definition) is 2. The molecular weight excluding hydrogens is 210 g/mol. The molecule has 1 heterocycles. The van der Waals surface area contributed by atoms with Gasteiger partial charge in [-0.3, -0.25) is 0 Å². The molecule has 16 heavy (non-hydrogen) atoms. The lowest BCUT2D eigenvalue weighted by molar-refractivity contribution is 0.0518. The van der Waals surface area contributed by atoms with Crippen LogP contribution in [0.15, 0.2) is 0 Å². The van der Waals surface area contributed by atoms with E-state index in [9.17, 15) is 4.79 Å². The highest BCUT2D eigenvalue weighted by Crippen LogP contribution is 2.07. The number of rotatable bonds is 6. The first kappa shape index (κ1) is 12.6. The molecule has 1 aromatic rings. The van der Waals surface area contributed by atoms with Crippen LogP contribution in [0.5, 0.6) is 0 Å². The van der Waals surface area contributed by atoms with E-state index in [0.717, 1.165) is 6.42 Å². The zero-order valence-corrected chi connectivity index (χ0v) is 9.35. The summed E-state index contributed by atoms with van der Waals surface area (Å²) in [6, 6.07) is 0. The third-order valence-corrected chi connectivity index (χ3v) is 2.07. The van der Waals surface area contributed by atoms with Crippen LogP contribution < -0.4 is 11.5 Å². The van der Waals surface area contributed by atoms with Gasteiger partial charge in [-0.05, 0) is 19.9 Å². The third-order valence-electron chi connectivity index (χ3n) is 2.07. The van der Waals surface area contributed by atoms with Gasteiger partial charge in [0.1, 0.15) is 0 Å². The lowest BCUT2D eigenvalue weighted by atomic mass is 10.3. The number of esters is 1. The van der Waals surface area contributed by atoms with E-state index in [2.05, 4.69) is 10.3 Å². The van der Waals surface area contributed by atoms with Crippen LogP contribution in [-0.4, -0.2) is 34.1 Å². The fraction of sp³-hybridized carbons (Fsp3) is 0.667. The molecule has 0 aliphatic carbocycles. The number of aromatic nitrogens is 3. The maximum atomic E-state index is 11.5. The second-order valence-corrected chi connectivity index (χ2v) is 3.17. The van der Waals surface area contributed by atoms with Gasteiger partial charge in [0.2, 0.25) is 0 Å². The Morgan fingerprint density at radius 2 is 2.25 bits per heavy atom. The number of carbonyl (C=O) groups excluding carboxylic acids is 1. The molecule has 0 atom stereocenters. The van der Waals surface area contributed by atoms with Crippen molar-refractivity contribution in [2.45, 2.75) is 26.4 Å². The normalized spacial score (nSPS) is 10.4. The van der Waals surface area contributed by atoms with Crippen LogP contribution in [-0.2, 0) is 17.8 Å². The second kappa shape index (κ2) is 6.19. The summed E-state index contributed by atoms with van der Waals surface area (Å²) < 4.78 is 6.45. The minimum Gasteiger partial charge on any atom is -0.461 e. The summed E-state index contributed by atoms with van der Waals surface area (Å²) in [5, 5.41) is 7.63. The fourth-order valence-electron chi connectivity index (χ4n) is 1.31. The molecule has 0 unspecified atom stereocenters. The molecule has 0 bridgehead atoms. The Labute approximate surface area is 93.7 Å². The van der Waals surface area contributed by atoms with Crippen LogP contribution in [0, 0.1) is 0 Å². The van der Waals surface area contributed by atoms with Crippen LogP contribution in [0.4, 0.5) is 0 Å². The Morgan fingerprint density at radius 3 is 2.81 bits per heavy atom. The van der Waals surface area contributed by atoms with Crippen molar-refractivity contribution in [3.63, 3.8) is 0 Å². The topological polar surface area (TPSA) is 109 Å². The van der Waals surface area contributed by atoms with E-state index < -0.39 is 5.97 Å². The summed E-state index contributed by atoms with van der Waals surface area (Å²) >= 11 is 0. The molecule has 0 aromatic carbocycles. The van der Waals surface area contributed by atoms with E-state index in [1.165, 1.54) is 0 Å². The molecule has 1 rings (SSSR count). The Kier molecular flexibility index (Phi) is 4.87. The van der Waals surface area contributed by atoms with Gasteiger partial charge >= 0.3 is 5.97 Å². The largest absolute Gasteiger partial charge is 0.461 e. The number of hydrogen-bond acceptors (Lipinski definition) is 6. The summed E-state index contributed by atoms with van der Waals surface area (Å²) in [4.78, 5) is 11.5. The van der Waals surface area contributed by atoms with Crippen LogP contribution in [0.1, 0.15) is 29.5 Å². The molecular formula is C9H17N5O2. The maximum absolute atomic E-state index is 11.5. The van der Waals surface area contributed by atoms with E-state index in [1.807, 2.05) is 0 Å². The lowest BCUT2D eigenvalue weighted by Gasteiger charge is -2.04. The van der Waals surface area contributed by atoms with Gasteiger partial charge in [0.05, 0.1) is 12.3 Å². The molecule has 0 aliphatic rings. The average molecular weight is 227 g/mol. The number of carbonyl (C=O) groups is 1. The van der Waals surface area contributed by atoms with Gasteiger partial charge in [-0.1, -0.05) is 5.21 Å². The van der Waals surface area contributed by atoms with Gasteiger partial charge in [-0.15, -0.1) is 5.10 Å². The average Bonchev–Trinajstić information content (AvgIpc) is 2.69. The quantitative estimate of drug-likeness (QED) is 0.620. The highest BCUT2D eigenvalue weighted by Gasteiger charge is 2.19. The predicted molar refractivity (Wildman–Crippen MR) is 57.5 cm³/mol. The third kappa shape index (κ3) is 2.77. The fourth-order valence-corrected chi connectivity index (χ4v) is 1.31. The molecule has 1 aromatic heterocycles. The van der Waals surface area contributed by atoms with Gasteiger partial charge in [-0.25, -0.2) is 9.48 Å². The minimum absolute atomic E-state index is 0.196. The summed E-state index contributed by atoms with van der Waals surface area (Å²) in [7, 11) is 0. The first-order valence-electron chi connectivity index (χ1n) is 5.24. The van der Waals surface area contributed by atoms with Gasteiger partial charge in [0, 0.05) is 13.1 Å². The number of nitrogens with zero attached hydrogens (tertiary/aromatic N) is 3. The Hall–Kier alpha value is -1.47. The van der Waals surface area contributed by atoms with Crippen molar-refractivity contribution in [1.82, 2.24) is 15.0 Å². The molecule has 0 aliphatic heterocycles. The standard InChI is InChI=1S/C9H17N5O2/c1-2-16-9(15)8-7(6-11)14(13-12-8)5-3-4-10/h2-6,10-11H2,1H3. The Bertz CT molecular complexity index is 350. The van der Waals surface area contributed by atoms with Crippen LogP contribution in [0.3, 0.4) is 0 Å². The maximum Gasteiger partial charge on any atom is 0.360 e. The Morgan fingerprint density at radius 1 is 1.50 bits per heavy atom. The van der Waals surface area contributed by atoms with E-state index in [1.54, 1.807) is 11.6 Å². The molecule has 90 valence electrons. The van der Waals surface area contributed by atoms with Crippen LogP contribution >= 0.6 is 0 Å². The van der Waals surface area contributed by atoms with E-state index in [4.69, 9.17) is 16.2 Å². The highest BCUT2D eigenvalue weighted by molar-refractivity contribution is 5.88. The number of ether oxygens (including phenoxy) is 1. The van der Waals surface area contributed by atoms with E-state index in [-0.39, 0.29) is 12.2 Å². The SMILES string of the molecule is CCOC(=O)c1nnn(CCCN)c1CN. The minimum atomic E-state index is -0.484. The zero-order valence-electron chi connectivity index (χ0n) is 9.35. The molecule has 0 fully saturated rings. The summed E-state index contributed by atoms with van der Waals surface area (Å²) in [5.41, 5.74) is 11.7. The van der Waals surface area contributed by atoms with Crippen LogP contribution in [0.25, 0.3) is 0 Å². The van der Waals surface area contributed by atoms with Crippen molar-refractivity contribution in [3.05, 3.63) is 11.4 Å². The first-order valence-corrected chi connectivity index (χ1v) is 5.24. The highest BCUT2D eigenvalue weighted by atomic mass is 16.5. The van der Waals surface area contributed by atoms with Crippen molar-refractivity contribution < 1.29 is 9.53 Å². The van der Waals surface area contributed by atoms with E-state index >= 15 is 0 Å². The Balaban J connectivity index is 2.85. The smallest absolute Gasteiger partial charge is 0.360 e. The predicted octanol–water partition coefficient (Wildman–Crippen LogP) is -0.738. The number of aryl methyl sites for hydroxylation is 1. The van der Waals surface area contributed by atoms with Crippen molar-refractivity contribution in [3.8, 4) is 0 Å². The molecule has 0 spiro atoms. The van der Waals surface area contributed by atoms with Crippen molar-refractivity contribution >= 4 is 5.97 Å². The van der Waals surface area contributed by atoms with Crippen molar-refractivity contribution in [2.75, 3.05) is 13.2 Å². The lowest BCUT2D eigenvalue weighted by Crippen LogP contribution is -2.15. The summed E-state index contributed by atoms with van der Waals surface area (Å²) in [6.07, 6.45) is 0.763. The van der Waals surface area contributed by atoms with Gasteiger partial charge in [0.15, 0.2) is 5.69 Å². The molecule has 7 nitrogen and oxygen atoms in total. The summed E-state index contributed by atoms with van der Waals surface area (Å²) in [5.74, 6) is -0.484. The molecule has 7 heteroatoms. The molecule has 0 saturated heterocycles. The van der Waals surface area contributed by atoms with Gasteiger partial charge in [-0.2, -0.15) is 0 Å².